The van der Waals surface area contributed by atoms with Crippen LogP contribution in [0, 0.1) is 11.3 Å². The van der Waals surface area contributed by atoms with Crippen molar-refractivity contribution in [2.45, 2.75) is 32.2 Å². The number of rotatable bonds is 5. The van der Waals surface area contributed by atoms with Gasteiger partial charge in [0.25, 0.3) is 0 Å². The Bertz CT molecular complexity index is 513. The van der Waals surface area contributed by atoms with Crippen LogP contribution in [0.2, 0.25) is 5.02 Å². The number of pyridine rings is 1. The number of ether oxygens (including phenoxy) is 1. The first-order valence-corrected chi connectivity index (χ1v) is 6.27. The molecule has 0 amide bonds. The van der Waals surface area contributed by atoms with E-state index in [2.05, 4.69) is 10.3 Å². The van der Waals surface area contributed by atoms with Crippen molar-refractivity contribution in [3.63, 3.8) is 0 Å². The van der Waals surface area contributed by atoms with Gasteiger partial charge in [-0.05, 0) is 19.4 Å². The molecular formula is C13H16ClN3O2. The zero-order valence-corrected chi connectivity index (χ0v) is 11.9. The maximum atomic E-state index is 11.9. The molecule has 1 unspecified atom stereocenters. The van der Waals surface area contributed by atoms with Crippen LogP contribution in [0.1, 0.15) is 32.3 Å². The Balaban J connectivity index is 3.11. The fourth-order valence-corrected chi connectivity index (χ4v) is 2.02. The van der Waals surface area contributed by atoms with Crippen LogP contribution in [0.3, 0.4) is 0 Å². The number of methoxy groups -OCH3 is 1. The van der Waals surface area contributed by atoms with E-state index in [1.807, 2.05) is 13.0 Å². The Labute approximate surface area is 117 Å². The first-order valence-electron chi connectivity index (χ1n) is 5.89. The van der Waals surface area contributed by atoms with Gasteiger partial charge in [-0.2, -0.15) is 5.26 Å². The second-order valence-electron chi connectivity index (χ2n) is 4.33. The van der Waals surface area contributed by atoms with Crippen molar-refractivity contribution in [2.24, 2.45) is 0 Å². The molecule has 1 rings (SSSR count). The Morgan fingerprint density at radius 1 is 1.68 bits per heavy atom. The predicted molar refractivity (Wildman–Crippen MR) is 72.9 cm³/mol. The summed E-state index contributed by atoms with van der Waals surface area (Å²) in [5, 5.41) is 12.1. The quantitative estimate of drug-likeness (QED) is 0.840. The van der Waals surface area contributed by atoms with E-state index in [-0.39, 0.29) is 5.02 Å². The minimum atomic E-state index is -0.922. The Morgan fingerprint density at radius 2 is 2.37 bits per heavy atom. The van der Waals surface area contributed by atoms with Gasteiger partial charge in [0, 0.05) is 6.20 Å². The Morgan fingerprint density at radius 3 is 2.89 bits per heavy atom. The third-order valence-corrected chi connectivity index (χ3v) is 3.17. The summed E-state index contributed by atoms with van der Waals surface area (Å²) in [5.41, 5.74) is -0.614. The molecule has 1 N–H and O–H groups in total. The van der Waals surface area contributed by atoms with Crippen LogP contribution >= 0.6 is 11.6 Å². The zero-order chi connectivity index (χ0) is 14.5. The van der Waals surface area contributed by atoms with Gasteiger partial charge in [0.05, 0.1) is 12.7 Å². The lowest BCUT2D eigenvalue weighted by molar-refractivity contribution is -0.145. The fraction of sp³-hybridized carbons (Fsp3) is 0.462. The van der Waals surface area contributed by atoms with Crippen LogP contribution in [0.5, 0.6) is 0 Å². The number of nitriles is 1. The second-order valence-corrected chi connectivity index (χ2v) is 4.71. The monoisotopic (exact) mass is 281 g/mol. The molecule has 0 radical (unpaired) electrons. The lowest BCUT2D eigenvalue weighted by Gasteiger charge is -2.28. The van der Waals surface area contributed by atoms with Gasteiger partial charge in [-0.25, -0.2) is 9.78 Å². The van der Waals surface area contributed by atoms with Crippen molar-refractivity contribution in [3.05, 3.63) is 22.8 Å². The van der Waals surface area contributed by atoms with Gasteiger partial charge in [0.1, 0.15) is 22.4 Å². The molecule has 1 aromatic rings. The second kappa shape index (κ2) is 6.39. The number of nitrogens with zero attached hydrogens (tertiary/aromatic N) is 2. The molecule has 0 saturated heterocycles. The molecule has 19 heavy (non-hydrogen) atoms. The van der Waals surface area contributed by atoms with Gasteiger partial charge in [-0.3, -0.25) is 0 Å². The lowest BCUT2D eigenvalue weighted by atomic mass is 9.96. The third kappa shape index (κ3) is 3.36. The summed E-state index contributed by atoms with van der Waals surface area (Å²) >= 11 is 6.06. The molecule has 0 fully saturated rings. The van der Waals surface area contributed by atoms with Gasteiger partial charge in [-0.15, -0.1) is 0 Å². The minimum absolute atomic E-state index is 0.205. The lowest BCUT2D eigenvalue weighted by Crippen LogP contribution is -2.44. The highest BCUT2D eigenvalue weighted by Crippen LogP contribution is 2.28. The molecule has 6 heteroatoms. The van der Waals surface area contributed by atoms with Gasteiger partial charge >= 0.3 is 5.97 Å². The minimum Gasteiger partial charge on any atom is -0.467 e. The van der Waals surface area contributed by atoms with Gasteiger partial charge in [-0.1, -0.05) is 24.9 Å². The average molecular weight is 282 g/mol. The summed E-state index contributed by atoms with van der Waals surface area (Å²) in [6.45, 7) is 3.68. The SMILES string of the molecule is CCCC(C)(Nc1nccc(C#N)c1Cl)C(=O)OC. The topological polar surface area (TPSA) is 75.0 Å². The number of nitrogens with one attached hydrogen (secondary N) is 1. The van der Waals surface area contributed by atoms with E-state index >= 15 is 0 Å². The predicted octanol–water partition coefficient (Wildman–Crippen LogP) is 2.75. The molecule has 1 aromatic heterocycles. The van der Waals surface area contributed by atoms with Crippen molar-refractivity contribution in [3.8, 4) is 6.07 Å². The van der Waals surface area contributed by atoms with Crippen molar-refractivity contribution in [1.29, 1.82) is 5.26 Å². The van der Waals surface area contributed by atoms with Crippen molar-refractivity contribution in [1.82, 2.24) is 4.98 Å². The summed E-state index contributed by atoms with van der Waals surface area (Å²) < 4.78 is 4.80. The molecule has 0 spiro atoms. The summed E-state index contributed by atoms with van der Waals surface area (Å²) in [7, 11) is 1.33. The van der Waals surface area contributed by atoms with Crippen molar-refractivity contribution >= 4 is 23.4 Å². The molecule has 102 valence electrons. The van der Waals surface area contributed by atoms with Crippen molar-refractivity contribution < 1.29 is 9.53 Å². The molecule has 5 nitrogen and oxygen atoms in total. The first kappa shape index (κ1) is 15.3. The van der Waals surface area contributed by atoms with Crippen LogP contribution in [0.4, 0.5) is 5.82 Å². The standard InChI is InChI=1S/C13H16ClN3O2/c1-4-6-13(2,12(18)19-3)17-11-10(14)9(8-15)5-7-16-11/h5,7H,4,6H2,1-3H3,(H,16,17). The molecule has 0 aliphatic heterocycles. The molecule has 0 aromatic carbocycles. The number of hydrogen-bond acceptors (Lipinski definition) is 5. The maximum absolute atomic E-state index is 11.9. The van der Waals surface area contributed by atoms with Crippen molar-refractivity contribution in [2.75, 3.05) is 12.4 Å². The van der Waals surface area contributed by atoms with Crippen LogP contribution in [0.15, 0.2) is 12.3 Å². The molecule has 1 atom stereocenters. The highest BCUT2D eigenvalue weighted by molar-refractivity contribution is 6.34. The maximum Gasteiger partial charge on any atom is 0.331 e. The number of carbonyl (C=O) groups is 1. The Hall–Kier alpha value is -1.80. The summed E-state index contributed by atoms with van der Waals surface area (Å²) in [6.07, 6.45) is 2.82. The van der Waals surface area contributed by atoms with E-state index in [4.69, 9.17) is 21.6 Å². The van der Waals surface area contributed by atoms with Crippen LogP contribution < -0.4 is 5.32 Å². The number of esters is 1. The number of anilines is 1. The van der Waals surface area contributed by atoms with Crippen LogP contribution in [-0.2, 0) is 9.53 Å². The molecule has 1 heterocycles. The number of carbonyl (C=O) groups excluding carboxylic acids is 1. The smallest absolute Gasteiger partial charge is 0.331 e. The number of hydrogen-bond donors (Lipinski definition) is 1. The van der Waals surface area contributed by atoms with E-state index in [1.165, 1.54) is 19.4 Å². The van der Waals surface area contributed by atoms with Crippen LogP contribution in [-0.4, -0.2) is 23.6 Å². The van der Waals surface area contributed by atoms with Gasteiger partial charge in [0.15, 0.2) is 0 Å². The molecule has 0 aliphatic rings. The third-order valence-electron chi connectivity index (χ3n) is 2.79. The van der Waals surface area contributed by atoms with Crippen LogP contribution in [0.25, 0.3) is 0 Å². The van der Waals surface area contributed by atoms with Gasteiger partial charge in [0.2, 0.25) is 0 Å². The molecule has 0 saturated carbocycles. The van der Waals surface area contributed by atoms with Gasteiger partial charge < -0.3 is 10.1 Å². The molecular weight excluding hydrogens is 266 g/mol. The fourth-order valence-electron chi connectivity index (χ4n) is 1.82. The van der Waals surface area contributed by atoms with E-state index < -0.39 is 11.5 Å². The highest BCUT2D eigenvalue weighted by Gasteiger charge is 2.34. The first-order chi connectivity index (χ1) is 8.98. The number of halogens is 1. The normalized spacial score (nSPS) is 13.2. The Kier molecular flexibility index (Phi) is 5.13. The zero-order valence-electron chi connectivity index (χ0n) is 11.2. The highest BCUT2D eigenvalue weighted by atomic mass is 35.5. The average Bonchev–Trinajstić information content (AvgIpc) is 2.40. The molecule has 0 aliphatic carbocycles. The summed E-state index contributed by atoms with van der Waals surface area (Å²) in [6, 6.07) is 3.49. The van der Waals surface area contributed by atoms with E-state index in [0.717, 1.165) is 6.42 Å². The van der Waals surface area contributed by atoms with E-state index in [1.54, 1.807) is 6.92 Å². The van der Waals surface area contributed by atoms with E-state index in [9.17, 15) is 4.79 Å². The number of aromatic nitrogens is 1. The molecule has 0 bridgehead atoms. The summed E-state index contributed by atoms with van der Waals surface area (Å²) in [5.74, 6) is -0.0864. The van der Waals surface area contributed by atoms with E-state index in [0.29, 0.717) is 17.8 Å². The largest absolute Gasteiger partial charge is 0.467 e. The summed E-state index contributed by atoms with van der Waals surface area (Å²) in [4.78, 5) is 15.9.